The van der Waals surface area contributed by atoms with E-state index in [1.165, 1.54) is 35.1 Å². The summed E-state index contributed by atoms with van der Waals surface area (Å²) in [5.41, 5.74) is 5.05. The van der Waals surface area contributed by atoms with Gasteiger partial charge in [0.05, 0.1) is 0 Å². The number of nitrogens with zero attached hydrogens (tertiary/aromatic N) is 3. The SMILES string of the molecule is C1=CC2[CH-]CCC2C=C1.C[N-]C.C[N-]C.C[N-]C.Cc1ccc(C=CC=Cc2ccc(C)cc2)cc1.[Ti+4]. The summed E-state index contributed by atoms with van der Waals surface area (Å²) in [7, 11) is 10.5. The van der Waals surface area contributed by atoms with E-state index in [9.17, 15) is 0 Å². The Morgan fingerprint density at radius 2 is 1.03 bits per heavy atom. The zero-order valence-electron chi connectivity index (χ0n) is 24.2. The van der Waals surface area contributed by atoms with Gasteiger partial charge in [-0.3, -0.25) is 0 Å². The van der Waals surface area contributed by atoms with Crippen molar-refractivity contribution in [3.8, 4) is 0 Å². The molecule has 2 atom stereocenters. The molecule has 4 heteroatoms. The number of fused-ring (bicyclic) bond motifs is 1. The van der Waals surface area contributed by atoms with E-state index in [0.29, 0.717) is 0 Å². The molecule has 1 saturated carbocycles. The Hall–Kier alpha value is -2.01. The Balaban J connectivity index is 0. The Kier molecular flexibility index (Phi) is 25.7. The van der Waals surface area contributed by atoms with Gasteiger partial charge < -0.3 is 22.4 Å². The molecule has 3 nitrogen and oxygen atoms in total. The number of hydrogen-bond acceptors (Lipinski definition) is 0. The number of benzene rings is 2. The topological polar surface area (TPSA) is 42.3 Å². The van der Waals surface area contributed by atoms with Crippen LogP contribution in [0.25, 0.3) is 28.1 Å². The van der Waals surface area contributed by atoms with E-state index in [0.717, 1.165) is 11.8 Å². The first-order chi connectivity index (χ1) is 17.4. The molecule has 0 aliphatic heterocycles. The summed E-state index contributed by atoms with van der Waals surface area (Å²) in [6.07, 6.45) is 22.4. The summed E-state index contributed by atoms with van der Waals surface area (Å²) >= 11 is 0. The summed E-state index contributed by atoms with van der Waals surface area (Å²) in [6.45, 7) is 4.20. The van der Waals surface area contributed by atoms with Crippen LogP contribution >= 0.6 is 0 Å². The van der Waals surface area contributed by atoms with Gasteiger partial charge in [-0.25, -0.2) is 0 Å². The van der Waals surface area contributed by atoms with Crippen molar-refractivity contribution in [2.75, 3.05) is 42.3 Å². The van der Waals surface area contributed by atoms with Gasteiger partial charge in [0.2, 0.25) is 0 Å². The summed E-state index contributed by atoms with van der Waals surface area (Å²) in [5, 5.41) is 10.5. The van der Waals surface area contributed by atoms with Crippen molar-refractivity contribution in [2.24, 2.45) is 11.8 Å². The van der Waals surface area contributed by atoms with Gasteiger partial charge in [0.1, 0.15) is 0 Å². The number of rotatable bonds is 3. The molecule has 2 aromatic carbocycles. The van der Waals surface area contributed by atoms with Crippen molar-refractivity contribution in [3.05, 3.63) is 130 Å². The average molecular weight is 534 g/mol. The van der Waals surface area contributed by atoms with Crippen LogP contribution in [-0.4, -0.2) is 42.3 Å². The maximum atomic E-state index is 3.50. The van der Waals surface area contributed by atoms with Crippen molar-refractivity contribution in [2.45, 2.75) is 26.7 Å². The van der Waals surface area contributed by atoms with Gasteiger partial charge in [-0.2, -0.15) is 48.7 Å². The molecule has 0 amide bonds. The van der Waals surface area contributed by atoms with Crippen molar-refractivity contribution in [1.29, 1.82) is 0 Å². The van der Waals surface area contributed by atoms with Crippen LogP contribution in [0.4, 0.5) is 0 Å². The molecule has 198 valence electrons. The third kappa shape index (κ3) is 19.7. The zero-order valence-corrected chi connectivity index (χ0v) is 25.8. The van der Waals surface area contributed by atoms with Gasteiger partial charge in [-0.05, 0) is 30.9 Å². The van der Waals surface area contributed by atoms with Crippen LogP contribution in [0.15, 0.2) is 85.0 Å². The first kappa shape index (κ1) is 37.1. The van der Waals surface area contributed by atoms with E-state index in [1.807, 2.05) is 0 Å². The minimum atomic E-state index is 0. The van der Waals surface area contributed by atoms with E-state index >= 15 is 0 Å². The third-order valence-corrected chi connectivity index (χ3v) is 5.08. The molecule has 2 aliphatic rings. The Bertz CT molecular complexity index is 805. The second-order valence-corrected chi connectivity index (χ2v) is 8.71. The summed E-state index contributed by atoms with van der Waals surface area (Å²) in [4.78, 5) is 0. The molecule has 0 aromatic heterocycles. The molecule has 4 rings (SSSR count). The van der Waals surface area contributed by atoms with E-state index < -0.39 is 0 Å². The maximum Gasteiger partial charge on any atom is 4.00 e. The van der Waals surface area contributed by atoms with Crippen molar-refractivity contribution in [3.63, 3.8) is 0 Å². The van der Waals surface area contributed by atoms with Gasteiger partial charge in [0.15, 0.2) is 0 Å². The summed E-state index contributed by atoms with van der Waals surface area (Å²) in [6, 6.07) is 17.0. The molecule has 0 bridgehead atoms. The molecule has 0 spiro atoms. The van der Waals surface area contributed by atoms with Crippen LogP contribution in [0.1, 0.15) is 35.1 Å². The van der Waals surface area contributed by atoms with Crippen molar-refractivity contribution in [1.82, 2.24) is 0 Å². The number of allylic oxidation sites excluding steroid dienone is 6. The molecule has 0 saturated heterocycles. The van der Waals surface area contributed by atoms with Gasteiger partial charge in [0.25, 0.3) is 0 Å². The smallest absolute Gasteiger partial charge is 0.668 e. The Morgan fingerprint density at radius 1 is 0.649 bits per heavy atom. The Labute approximate surface area is 243 Å². The zero-order chi connectivity index (χ0) is 27.0. The minimum absolute atomic E-state index is 0. The molecule has 0 heterocycles. The largest absolute Gasteiger partial charge is 4.00 e. The standard InChI is InChI=1S/C18H18.C9H11.3C2H6N.Ti/c1-15-7-11-17(12-8-15)5-3-4-6-18-13-9-16(2)10-14-18;1-2-5-9-7-3-6-8(9)4-1;3*1-3-2;/h3-14H,1-2H3;1-2,4-6,8-9H,3,7H2;3*1-2H3;/q;4*-1;+4. The second-order valence-electron chi connectivity index (χ2n) is 8.71. The normalized spacial score (nSPS) is 16.5. The van der Waals surface area contributed by atoms with Crippen LogP contribution in [0, 0.1) is 32.1 Å². The van der Waals surface area contributed by atoms with Gasteiger partial charge in [-0.1, -0.05) is 109 Å². The van der Waals surface area contributed by atoms with Gasteiger partial charge in [-0.15, -0.1) is 12.0 Å². The molecule has 2 aromatic rings. The van der Waals surface area contributed by atoms with E-state index in [4.69, 9.17) is 0 Å². The maximum absolute atomic E-state index is 3.50. The molecule has 37 heavy (non-hydrogen) atoms. The number of aryl methyl sites for hydroxylation is 2. The van der Waals surface area contributed by atoms with Gasteiger partial charge >= 0.3 is 21.7 Å². The number of hydrogen-bond donors (Lipinski definition) is 0. The fourth-order valence-electron chi connectivity index (χ4n) is 3.38. The molecular weight excluding hydrogens is 486 g/mol. The monoisotopic (exact) mass is 533 g/mol. The van der Waals surface area contributed by atoms with Crippen LogP contribution in [0.2, 0.25) is 0 Å². The van der Waals surface area contributed by atoms with Crippen LogP contribution in [-0.2, 0) is 21.7 Å². The van der Waals surface area contributed by atoms with Crippen molar-refractivity contribution < 1.29 is 21.7 Å². The fourth-order valence-corrected chi connectivity index (χ4v) is 3.38. The predicted octanol–water partition coefficient (Wildman–Crippen LogP) is 9.23. The molecule has 1 fully saturated rings. The molecule has 2 unspecified atom stereocenters. The molecule has 0 radical (unpaired) electrons. The Morgan fingerprint density at radius 3 is 1.41 bits per heavy atom. The average Bonchev–Trinajstić information content (AvgIpc) is 3.35. The quantitative estimate of drug-likeness (QED) is 0.214. The second kappa shape index (κ2) is 25.6. The summed E-state index contributed by atoms with van der Waals surface area (Å²) in [5.74, 6) is 1.62. The van der Waals surface area contributed by atoms with E-state index in [-0.39, 0.29) is 21.7 Å². The molecule has 0 N–H and O–H groups in total. The van der Waals surface area contributed by atoms with Crippen LogP contribution in [0.3, 0.4) is 0 Å². The van der Waals surface area contributed by atoms with E-state index in [1.54, 1.807) is 42.3 Å². The fraction of sp³-hybridized carbons (Fsp3) is 0.364. The first-order valence-corrected chi connectivity index (χ1v) is 12.6. The van der Waals surface area contributed by atoms with E-state index in [2.05, 4.69) is 133 Å². The first-order valence-electron chi connectivity index (χ1n) is 12.6. The van der Waals surface area contributed by atoms with Gasteiger partial charge in [0, 0.05) is 0 Å². The third-order valence-electron chi connectivity index (χ3n) is 5.08. The summed E-state index contributed by atoms with van der Waals surface area (Å²) < 4.78 is 0. The minimum Gasteiger partial charge on any atom is -0.668 e. The van der Waals surface area contributed by atoms with Crippen LogP contribution in [0.5, 0.6) is 0 Å². The molecular formula is C33H47N3Ti. The predicted molar refractivity (Wildman–Crippen MR) is 165 cm³/mol. The van der Waals surface area contributed by atoms with Crippen LogP contribution < -0.4 is 0 Å². The van der Waals surface area contributed by atoms with Crippen molar-refractivity contribution >= 4 is 12.2 Å². The molecule has 2 aliphatic carbocycles.